The van der Waals surface area contributed by atoms with Crippen molar-refractivity contribution in [3.05, 3.63) is 52.4 Å². The highest BCUT2D eigenvalue weighted by molar-refractivity contribution is 5.69. The van der Waals surface area contributed by atoms with Crippen LogP contribution >= 0.6 is 0 Å². The zero-order chi connectivity index (χ0) is 18.5. The maximum atomic E-state index is 12.3. The molecule has 0 aliphatic heterocycles. The van der Waals surface area contributed by atoms with Crippen LogP contribution in [0.2, 0.25) is 0 Å². The highest BCUT2D eigenvalue weighted by Gasteiger charge is 2.09. The van der Waals surface area contributed by atoms with Crippen molar-refractivity contribution in [2.24, 2.45) is 0 Å². The molecule has 0 saturated heterocycles. The Labute approximate surface area is 150 Å². The number of carbonyl (C=O) groups excluding carboxylic acids is 1. The van der Waals surface area contributed by atoms with E-state index >= 15 is 0 Å². The first-order chi connectivity index (χ1) is 12.6. The fraction of sp³-hybridized carbons (Fsp3) is 0.316. The number of nitrogens with zero attached hydrogens (tertiary/aromatic N) is 2. The van der Waals surface area contributed by atoms with Gasteiger partial charge in [0.25, 0.3) is 5.56 Å². The Morgan fingerprint density at radius 1 is 1.23 bits per heavy atom. The number of aromatic nitrogens is 3. The van der Waals surface area contributed by atoms with Crippen LogP contribution in [0.1, 0.15) is 25.5 Å². The molecule has 0 spiro atoms. The van der Waals surface area contributed by atoms with Crippen molar-refractivity contribution in [1.29, 1.82) is 0 Å². The number of benzene rings is 1. The molecule has 0 unspecified atom stereocenters. The quantitative estimate of drug-likeness (QED) is 0.659. The van der Waals surface area contributed by atoms with Crippen LogP contribution in [0.3, 0.4) is 0 Å². The lowest BCUT2D eigenvalue weighted by Gasteiger charge is -2.03. The largest absolute Gasteiger partial charge is 0.494 e. The third-order valence-electron chi connectivity index (χ3n) is 4.02. The minimum Gasteiger partial charge on any atom is -0.494 e. The first kappa shape index (κ1) is 17.7. The van der Waals surface area contributed by atoms with Gasteiger partial charge in [-0.2, -0.15) is 0 Å². The van der Waals surface area contributed by atoms with E-state index in [0.717, 1.165) is 17.0 Å². The van der Waals surface area contributed by atoms with E-state index in [1.165, 1.54) is 17.7 Å². The van der Waals surface area contributed by atoms with Gasteiger partial charge in [0.1, 0.15) is 5.75 Å². The molecule has 0 atom stereocenters. The van der Waals surface area contributed by atoms with E-state index in [0.29, 0.717) is 37.2 Å². The van der Waals surface area contributed by atoms with Gasteiger partial charge < -0.3 is 9.47 Å². The lowest BCUT2D eigenvalue weighted by molar-refractivity contribution is -0.140. The molecule has 3 rings (SSSR count). The van der Waals surface area contributed by atoms with Crippen LogP contribution in [0.15, 0.2) is 41.2 Å². The normalized spacial score (nSPS) is 10.8. The molecule has 7 nitrogen and oxygen atoms in total. The highest BCUT2D eigenvalue weighted by Crippen LogP contribution is 2.22. The molecule has 0 amide bonds. The second-order valence-electron chi connectivity index (χ2n) is 5.84. The Kier molecular flexibility index (Phi) is 5.36. The minimum absolute atomic E-state index is 0.180. The lowest BCUT2D eigenvalue weighted by atomic mass is 10.1. The number of esters is 1. The molecule has 2 heterocycles. The van der Waals surface area contributed by atoms with Gasteiger partial charge in [-0.05, 0) is 49.6 Å². The Bertz CT molecular complexity index is 957. The molecule has 0 fully saturated rings. The summed E-state index contributed by atoms with van der Waals surface area (Å²) >= 11 is 0. The van der Waals surface area contributed by atoms with E-state index in [1.807, 2.05) is 37.3 Å². The van der Waals surface area contributed by atoms with E-state index in [4.69, 9.17) is 4.74 Å². The van der Waals surface area contributed by atoms with Crippen LogP contribution in [-0.2, 0) is 16.0 Å². The Balaban J connectivity index is 1.82. The maximum Gasteiger partial charge on any atom is 0.305 e. The molecule has 1 N–H and O–H groups in total. The fourth-order valence-electron chi connectivity index (χ4n) is 2.73. The first-order valence-electron chi connectivity index (χ1n) is 8.52. The van der Waals surface area contributed by atoms with Gasteiger partial charge in [0, 0.05) is 24.2 Å². The summed E-state index contributed by atoms with van der Waals surface area (Å²) < 4.78 is 11.5. The third-order valence-corrected chi connectivity index (χ3v) is 4.02. The number of methoxy groups -OCH3 is 1. The smallest absolute Gasteiger partial charge is 0.305 e. The van der Waals surface area contributed by atoms with E-state index in [2.05, 4.69) is 14.8 Å². The second kappa shape index (κ2) is 7.86. The molecule has 0 aliphatic rings. The van der Waals surface area contributed by atoms with Crippen molar-refractivity contribution in [2.75, 3.05) is 13.7 Å². The first-order valence-corrected chi connectivity index (χ1v) is 8.52. The van der Waals surface area contributed by atoms with Crippen molar-refractivity contribution >= 4 is 11.6 Å². The van der Waals surface area contributed by atoms with Crippen LogP contribution < -0.4 is 10.3 Å². The third kappa shape index (κ3) is 3.93. The number of hydrogen-bond acceptors (Lipinski definition) is 5. The van der Waals surface area contributed by atoms with E-state index in [1.54, 1.807) is 0 Å². The number of aromatic amines is 1. The van der Waals surface area contributed by atoms with Crippen LogP contribution in [0.4, 0.5) is 0 Å². The van der Waals surface area contributed by atoms with Gasteiger partial charge in [-0.25, -0.2) is 9.50 Å². The molecular weight excluding hydrogens is 334 g/mol. The predicted octanol–water partition coefficient (Wildman–Crippen LogP) is 2.58. The standard InChI is InChI=1S/C19H21N3O4/c1-3-26-15-9-7-13(8-10-15)16-12-17-20-14(5-4-6-19(24)25-2)11-18(23)22(17)21-16/h7-12,21H,3-6H2,1-2H3. The summed E-state index contributed by atoms with van der Waals surface area (Å²) in [6, 6.07) is 11.0. The molecule has 0 saturated carbocycles. The predicted molar refractivity (Wildman–Crippen MR) is 97.4 cm³/mol. The fourth-order valence-corrected chi connectivity index (χ4v) is 2.73. The van der Waals surface area contributed by atoms with Crippen LogP contribution in [0.25, 0.3) is 16.9 Å². The van der Waals surface area contributed by atoms with E-state index < -0.39 is 0 Å². The average molecular weight is 355 g/mol. The molecule has 0 radical (unpaired) electrons. The van der Waals surface area contributed by atoms with E-state index in [-0.39, 0.29) is 11.5 Å². The summed E-state index contributed by atoms with van der Waals surface area (Å²) in [7, 11) is 1.36. The second-order valence-corrected chi connectivity index (χ2v) is 5.84. The van der Waals surface area contributed by atoms with Crippen LogP contribution in [0.5, 0.6) is 5.75 Å². The monoisotopic (exact) mass is 355 g/mol. The summed E-state index contributed by atoms with van der Waals surface area (Å²) in [6.45, 7) is 2.55. The molecule has 3 aromatic rings. The average Bonchev–Trinajstić information content (AvgIpc) is 3.07. The zero-order valence-corrected chi connectivity index (χ0v) is 14.8. The number of aryl methyl sites for hydroxylation is 1. The van der Waals surface area contributed by atoms with Crippen LogP contribution in [0, 0.1) is 0 Å². The van der Waals surface area contributed by atoms with Crippen molar-refractivity contribution in [1.82, 2.24) is 14.6 Å². The van der Waals surface area contributed by atoms with Gasteiger partial charge in [-0.3, -0.25) is 14.7 Å². The summed E-state index contributed by atoms with van der Waals surface area (Å²) in [5, 5.41) is 3.07. The zero-order valence-electron chi connectivity index (χ0n) is 14.8. The van der Waals surface area contributed by atoms with Crippen molar-refractivity contribution in [2.45, 2.75) is 26.2 Å². The Morgan fingerprint density at radius 2 is 2.00 bits per heavy atom. The number of rotatable bonds is 7. The molecule has 26 heavy (non-hydrogen) atoms. The number of nitrogens with one attached hydrogen (secondary N) is 1. The number of hydrogen-bond donors (Lipinski definition) is 1. The SMILES string of the molecule is CCOc1ccc(-c2cc3nc(CCCC(=O)OC)cc(=O)n3[nH]2)cc1. The molecule has 2 aromatic heterocycles. The number of fused-ring (bicyclic) bond motifs is 1. The number of ether oxygens (including phenoxy) is 2. The molecular formula is C19H21N3O4. The molecule has 136 valence electrons. The molecule has 0 aliphatic carbocycles. The van der Waals surface area contributed by atoms with Crippen LogP contribution in [-0.4, -0.2) is 34.3 Å². The van der Waals surface area contributed by atoms with Crippen molar-refractivity contribution in [3.63, 3.8) is 0 Å². The maximum absolute atomic E-state index is 12.3. The molecule has 1 aromatic carbocycles. The van der Waals surface area contributed by atoms with Crippen molar-refractivity contribution < 1.29 is 14.3 Å². The summed E-state index contributed by atoms with van der Waals surface area (Å²) in [5.74, 6) is 0.540. The topological polar surface area (TPSA) is 85.7 Å². The van der Waals surface area contributed by atoms with Gasteiger partial charge in [-0.1, -0.05) is 0 Å². The molecule has 0 bridgehead atoms. The minimum atomic E-state index is -0.262. The van der Waals surface area contributed by atoms with Gasteiger partial charge in [0.15, 0.2) is 5.65 Å². The van der Waals surface area contributed by atoms with Crippen molar-refractivity contribution in [3.8, 4) is 17.0 Å². The lowest BCUT2D eigenvalue weighted by Crippen LogP contribution is -2.15. The summed E-state index contributed by atoms with van der Waals surface area (Å²) in [4.78, 5) is 28.0. The van der Waals surface area contributed by atoms with Gasteiger partial charge in [0.05, 0.1) is 19.4 Å². The number of carbonyl (C=O) groups is 1. The number of H-pyrrole nitrogens is 1. The van der Waals surface area contributed by atoms with Gasteiger partial charge in [-0.15, -0.1) is 0 Å². The van der Waals surface area contributed by atoms with Gasteiger partial charge in [0.2, 0.25) is 0 Å². The molecule has 7 heteroatoms. The Morgan fingerprint density at radius 3 is 2.69 bits per heavy atom. The summed E-state index contributed by atoms with van der Waals surface area (Å²) in [5.41, 5.74) is 2.76. The highest BCUT2D eigenvalue weighted by atomic mass is 16.5. The summed E-state index contributed by atoms with van der Waals surface area (Å²) in [6.07, 6.45) is 1.44. The van der Waals surface area contributed by atoms with E-state index in [9.17, 15) is 9.59 Å². The Hall–Kier alpha value is -3.09. The van der Waals surface area contributed by atoms with Gasteiger partial charge >= 0.3 is 5.97 Å².